The third kappa shape index (κ3) is 2.08. The lowest BCUT2D eigenvalue weighted by atomic mass is 10.0. The van der Waals surface area contributed by atoms with E-state index in [1.54, 1.807) is 0 Å². The molecule has 0 atom stereocenters. The second-order valence-corrected chi connectivity index (χ2v) is 4.78. The van der Waals surface area contributed by atoms with Gasteiger partial charge in [0.25, 0.3) is 0 Å². The summed E-state index contributed by atoms with van der Waals surface area (Å²) >= 11 is 0. The number of aromatic nitrogens is 1. The zero-order valence-corrected chi connectivity index (χ0v) is 11.6. The van der Waals surface area contributed by atoms with Gasteiger partial charge >= 0.3 is 0 Å². The summed E-state index contributed by atoms with van der Waals surface area (Å²) in [5, 5.41) is 2.52. The molecule has 0 amide bonds. The summed E-state index contributed by atoms with van der Waals surface area (Å²) in [7, 11) is 0. The van der Waals surface area contributed by atoms with Crippen molar-refractivity contribution >= 4 is 27.4 Å². The minimum Gasteiger partial charge on any atom is -0.355 e. The van der Waals surface area contributed by atoms with Crippen LogP contribution in [0.1, 0.15) is 12.5 Å². The highest BCUT2D eigenvalue weighted by atomic mass is 14.7. The van der Waals surface area contributed by atoms with E-state index < -0.39 is 0 Å². The van der Waals surface area contributed by atoms with Crippen LogP contribution in [0, 0.1) is 0 Å². The number of nitrogens with one attached hydrogen (secondary N) is 1. The van der Waals surface area contributed by atoms with E-state index in [0.717, 1.165) is 5.57 Å². The first-order valence-electron chi connectivity index (χ1n) is 6.79. The highest BCUT2D eigenvalue weighted by Gasteiger charge is 2.05. The van der Waals surface area contributed by atoms with Crippen LogP contribution >= 0.6 is 0 Å². The summed E-state index contributed by atoms with van der Waals surface area (Å²) < 4.78 is 0. The fourth-order valence-electron chi connectivity index (χ4n) is 2.51. The fourth-order valence-corrected chi connectivity index (χ4v) is 2.51. The van der Waals surface area contributed by atoms with E-state index in [2.05, 4.69) is 60.1 Å². The van der Waals surface area contributed by atoms with Crippen molar-refractivity contribution < 1.29 is 0 Å². The molecule has 0 spiro atoms. The molecule has 0 saturated carbocycles. The Bertz CT molecular complexity index is 831. The van der Waals surface area contributed by atoms with Crippen LogP contribution in [0.25, 0.3) is 27.4 Å². The van der Waals surface area contributed by atoms with Crippen LogP contribution in [0.3, 0.4) is 0 Å². The van der Waals surface area contributed by atoms with Crippen LogP contribution in [0.2, 0.25) is 0 Å². The van der Waals surface area contributed by atoms with Crippen LogP contribution in [0.5, 0.6) is 0 Å². The molecule has 20 heavy (non-hydrogen) atoms. The predicted molar refractivity (Wildman–Crippen MR) is 88.8 cm³/mol. The van der Waals surface area contributed by atoms with Crippen molar-refractivity contribution in [2.45, 2.75) is 6.92 Å². The molecule has 0 aliphatic heterocycles. The average Bonchev–Trinajstić information content (AvgIpc) is 2.86. The van der Waals surface area contributed by atoms with Gasteiger partial charge in [-0.25, -0.2) is 0 Å². The van der Waals surface area contributed by atoms with Gasteiger partial charge < -0.3 is 4.98 Å². The predicted octanol–water partition coefficient (Wildman–Crippen LogP) is 5.47. The Hall–Kier alpha value is -2.54. The number of allylic oxidation sites excluding steroid dienone is 5. The lowest BCUT2D eigenvalue weighted by molar-refractivity contribution is 1.54. The summed E-state index contributed by atoms with van der Waals surface area (Å²) in [4.78, 5) is 3.45. The number of rotatable bonds is 3. The Kier molecular flexibility index (Phi) is 3.26. The maximum atomic E-state index is 3.91. The molecule has 0 aliphatic carbocycles. The number of para-hydroxylation sites is 1. The molecule has 0 radical (unpaired) electrons. The Labute approximate surface area is 118 Å². The number of benzene rings is 2. The normalized spacial score (nSPS) is 12.6. The molecule has 0 fully saturated rings. The highest BCUT2D eigenvalue weighted by Crippen LogP contribution is 2.28. The van der Waals surface area contributed by atoms with Crippen LogP contribution in [0.4, 0.5) is 0 Å². The van der Waals surface area contributed by atoms with Gasteiger partial charge in [-0.05, 0) is 36.3 Å². The molecule has 3 rings (SSSR count). The Morgan fingerprint density at radius 1 is 1.05 bits per heavy atom. The monoisotopic (exact) mass is 259 g/mol. The average molecular weight is 259 g/mol. The van der Waals surface area contributed by atoms with Crippen LogP contribution in [-0.2, 0) is 0 Å². The summed E-state index contributed by atoms with van der Waals surface area (Å²) in [5.74, 6) is 0. The summed E-state index contributed by atoms with van der Waals surface area (Å²) in [6, 6.07) is 14.9. The molecule has 0 bridgehead atoms. The van der Waals surface area contributed by atoms with Gasteiger partial charge in [-0.15, -0.1) is 0 Å². The molecular formula is C19H17N. The smallest absolute Gasteiger partial charge is 0.0465 e. The van der Waals surface area contributed by atoms with Crippen molar-refractivity contribution in [2.24, 2.45) is 0 Å². The van der Waals surface area contributed by atoms with E-state index >= 15 is 0 Å². The van der Waals surface area contributed by atoms with E-state index in [4.69, 9.17) is 0 Å². The van der Waals surface area contributed by atoms with Crippen molar-refractivity contribution in [3.05, 3.63) is 78.9 Å². The number of aromatic amines is 1. The van der Waals surface area contributed by atoms with Gasteiger partial charge in [-0.3, -0.25) is 0 Å². The van der Waals surface area contributed by atoms with Crippen molar-refractivity contribution in [1.29, 1.82) is 0 Å². The SMILES string of the molecule is C=C/C(=C\C=C/C)c1ccc2[nH]c3ccccc3c2c1. The largest absolute Gasteiger partial charge is 0.355 e. The fraction of sp³-hybridized carbons (Fsp3) is 0.0526. The molecule has 2 aromatic carbocycles. The van der Waals surface area contributed by atoms with Gasteiger partial charge in [-0.2, -0.15) is 0 Å². The second-order valence-electron chi connectivity index (χ2n) is 4.78. The number of H-pyrrole nitrogens is 1. The van der Waals surface area contributed by atoms with E-state index in [9.17, 15) is 0 Å². The summed E-state index contributed by atoms with van der Waals surface area (Å²) in [5.41, 5.74) is 4.67. The third-order valence-corrected chi connectivity index (χ3v) is 3.53. The van der Waals surface area contributed by atoms with Crippen molar-refractivity contribution in [2.75, 3.05) is 0 Å². The quantitative estimate of drug-likeness (QED) is 0.600. The maximum Gasteiger partial charge on any atom is 0.0465 e. The molecule has 0 saturated heterocycles. The van der Waals surface area contributed by atoms with Crippen molar-refractivity contribution in [3.8, 4) is 0 Å². The number of hydrogen-bond donors (Lipinski definition) is 1. The molecule has 0 unspecified atom stereocenters. The Morgan fingerprint density at radius 3 is 2.65 bits per heavy atom. The zero-order chi connectivity index (χ0) is 13.9. The first-order chi connectivity index (χ1) is 9.83. The first kappa shape index (κ1) is 12.5. The maximum absolute atomic E-state index is 3.91. The van der Waals surface area contributed by atoms with Gasteiger partial charge in [-0.1, -0.05) is 55.1 Å². The second kappa shape index (κ2) is 5.22. The molecule has 0 aliphatic rings. The summed E-state index contributed by atoms with van der Waals surface area (Å²) in [6.45, 7) is 5.92. The third-order valence-electron chi connectivity index (χ3n) is 3.53. The molecule has 1 heteroatoms. The van der Waals surface area contributed by atoms with E-state index in [0.29, 0.717) is 0 Å². The zero-order valence-electron chi connectivity index (χ0n) is 11.6. The number of fused-ring (bicyclic) bond motifs is 3. The van der Waals surface area contributed by atoms with Gasteiger partial charge in [0.1, 0.15) is 0 Å². The van der Waals surface area contributed by atoms with Gasteiger partial charge in [0.2, 0.25) is 0 Å². The molecule has 1 heterocycles. The standard InChI is InChI=1S/C19H17N/c1-3-5-8-14(4-2)15-11-12-19-17(13-15)16-9-6-7-10-18(16)20-19/h3-13,20H,2H2,1H3/b5-3-,14-8+. The molecule has 1 aromatic heterocycles. The minimum absolute atomic E-state index is 1.13. The highest BCUT2D eigenvalue weighted by molar-refractivity contribution is 6.08. The Morgan fingerprint density at radius 2 is 1.85 bits per heavy atom. The van der Waals surface area contributed by atoms with Gasteiger partial charge in [0, 0.05) is 21.8 Å². The van der Waals surface area contributed by atoms with E-state index in [1.165, 1.54) is 27.4 Å². The minimum atomic E-state index is 1.13. The Balaban J connectivity index is 2.23. The van der Waals surface area contributed by atoms with Crippen LogP contribution < -0.4 is 0 Å². The van der Waals surface area contributed by atoms with E-state index in [-0.39, 0.29) is 0 Å². The number of hydrogen-bond acceptors (Lipinski definition) is 0. The molecule has 1 N–H and O–H groups in total. The molecule has 98 valence electrons. The van der Waals surface area contributed by atoms with Crippen LogP contribution in [0.15, 0.2) is 73.3 Å². The van der Waals surface area contributed by atoms with E-state index in [1.807, 2.05) is 25.2 Å². The molecular weight excluding hydrogens is 242 g/mol. The first-order valence-corrected chi connectivity index (χ1v) is 6.79. The topological polar surface area (TPSA) is 15.8 Å². The van der Waals surface area contributed by atoms with Gasteiger partial charge in [0.15, 0.2) is 0 Å². The molecule has 1 nitrogen and oxygen atoms in total. The molecule has 3 aromatic rings. The summed E-state index contributed by atoms with van der Waals surface area (Å²) in [6.07, 6.45) is 8.04. The lowest BCUT2D eigenvalue weighted by Gasteiger charge is -2.02. The van der Waals surface area contributed by atoms with Crippen molar-refractivity contribution in [1.82, 2.24) is 4.98 Å². The van der Waals surface area contributed by atoms with Crippen LogP contribution in [-0.4, -0.2) is 4.98 Å². The lowest BCUT2D eigenvalue weighted by Crippen LogP contribution is -1.80. The van der Waals surface area contributed by atoms with Gasteiger partial charge in [0.05, 0.1) is 0 Å². The van der Waals surface area contributed by atoms with Crippen molar-refractivity contribution in [3.63, 3.8) is 0 Å².